The summed E-state index contributed by atoms with van der Waals surface area (Å²) in [6.07, 6.45) is 0.938. The molecule has 0 heterocycles. The van der Waals surface area contributed by atoms with Crippen molar-refractivity contribution in [2.45, 2.75) is 13.3 Å². The lowest BCUT2D eigenvalue weighted by Gasteiger charge is -2.09. The van der Waals surface area contributed by atoms with Crippen LogP contribution in [0.3, 0.4) is 0 Å². The summed E-state index contributed by atoms with van der Waals surface area (Å²) in [6, 6.07) is 5.63. The van der Waals surface area contributed by atoms with Crippen molar-refractivity contribution < 1.29 is 9.47 Å². The molecule has 0 aliphatic rings. The molecule has 0 amide bonds. The van der Waals surface area contributed by atoms with Crippen molar-refractivity contribution in [3.05, 3.63) is 34.8 Å². The maximum Gasteiger partial charge on any atom is 0.134 e. The van der Waals surface area contributed by atoms with Crippen LogP contribution in [0, 0.1) is 0 Å². The number of ether oxygens (including phenoxy) is 2. The Morgan fingerprint density at radius 3 is 2.73 bits per heavy atom. The van der Waals surface area contributed by atoms with E-state index in [1.54, 1.807) is 7.11 Å². The van der Waals surface area contributed by atoms with Crippen LogP contribution in [-0.2, 0) is 0 Å². The zero-order chi connectivity index (χ0) is 11.3. The molecular weight excluding hydrogens is 256 g/mol. The molecule has 0 aliphatic heterocycles. The predicted molar refractivity (Wildman–Crippen MR) is 65.6 cm³/mol. The highest BCUT2D eigenvalue weighted by Crippen LogP contribution is 2.29. The van der Waals surface area contributed by atoms with Crippen LogP contribution in [0.15, 0.2) is 34.8 Å². The van der Waals surface area contributed by atoms with Crippen molar-refractivity contribution in [2.24, 2.45) is 0 Å². The smallest absolute Gasteiger partial charge is 0.134 e. The molecule has 0 aromatic heterocycles. The molecule has 0 aliphatic carbocycles. The van der Waals surface area contributed by atoms with Crippen molar-refractivity contribution in [3.63, 3.8) is 0 Å². The molecule has 82 valence electrons. The lowest BCUT2D eigenvalue weighted by atomic mass is 10.2. The Morgan fingerprint density at radius 1 is 1.47 bits per heavy atom. The summed E-state index contributed by atoms with van der Waals surface area (Å²) >= 11 is 3.43. The van der Waals surface area contributed by atoms with Crippen LogP contribution in [0.4, 0.5) is 0 Å². The van der Waals surface area contributed by atoms with Crippen LogP contribution in [0.2, 0.25) is 0 Å². The van der Waals surface area contributed by atoms with Crippen molar-refractivity contribution in [3.8, 4) is 11.5 Å². The Bertz CT molecular complexity index is 347. The molecular formula is C12H15BrO2. The Morgan fingerprint density at radius 2 is 2.20 bits per heavy atom. The standard InChI is InChI=1S/C12H15BrO2/c1-4-9(2)8-15-12-6-5-10(14-3)7-11(12)13/h5-7H,2,4,8H2,1,3H3. The van der Waals surface area contributed by atoms with E-state index in [-0.39, 0.29) is 0 Å². The van der Waals surface area contributed by atoms with Crippen LogP contribution in [0.5, 0.6) is 11.5 Å². The van der Waals surface area contributed by atoms with Gasteiger partial charge in [-0.05, 0) is 46.1 Å². The minimum absolute atomic E-state index is 0.557. The first kappa shape index (κ1) is 12.1. The molecule has 0 radical (unpaired) electrons. The van der Waals surface area contributed by atoms with E-state index < -0.39 is 0 Å². The van der Waals surface area contributed by atoms with Gasteiger partial charge in [0.2, 0.25) is 0 Å². The molecule has 2 nitrogen and oxygen atoms in total. The van der Waals surface area contributed by atoms with E-state index in [0.29, 0.717) is 6.61 Å². The zero-order valence-corrected chi connectivity index (χ0v) is 10.6. The Hall–Kier alpha value is -0.960. The first-order valence-corrected chi connectivity index (χ1v) is 5.59. The summed E-state index contributed by atoms with van der Waals surface area (Å²) in [5, 5.41) is 0. The van der Waals surface area contributed by atoms with Gasteiger partial charge in [-0.1, -0.05) is 13.5 Å². The molecule has 0 saturated carbocycles. The van der Waals surface area contributed by atoms with Gasteiger partial charge < -0.3 is 9.47 Å². The lowest BCUT2D eigenvalue weighted by Crippen LogP contribution is -2.00. The fourth-order valence-electron chi connectivity index (χ4n) is 1.01. The summed E-state index contributed by atoms with van der Waals surface area (Å²) in [4.78, 5) is 0. The summed E-state index contributed by atoms with van der Waals surface area (Å²) in [5.41, 5.74) is 1.08. The van der Waals surface area contributed by atoms with Crippen LogP contribution >= 0.6 is 15.9 Å². The molecule has 0 bridgehead atoms. The van der Waals surface area contributed by atoms with Crippen LogP contribution in [0.25, 0.3) is 0 Å². The van der Waals surface area contributed by atoms with Gasteiger partial charge in [-0.2, -0.15) is 0 Å². The molecule has 0 spiro atoms. The lowest BCUT2D eigenvalue weighted by molar-refractivity contribution is 0.345. The maximum absolute atomic E-state index is 5.59. The average Bonchev–Trinajstić information content (AvgIpc) is 2.26. The van der Waals surface area contributed by atoms with Gasteiger partial charge in [0.15, 0.2) is 0 Å². The topological polar surface area (TPSA) is 18.5 Å². The molecule has 0 atom stereocenters. The fourth-order valence-corrected chi connectivity index (χ4v) is 1.48. The molecule has 0 fully saturated rings. The maximum atomic E-state index is 5.59. The van der Waals surface area contributed by atoms with Gasteiger partial charge in [0.25, 0.3) is 0 Å². The monoisotopic (exact) mass is 270 g/mol. The Balaban J connectivity index is 2.66. The minimum atomic E-state index is 0.557. The number of hydrogen-bond acceptors (Lipinski definition) is 2. The zero-order valence-electron chi connectivity index (χ0n) is 9.05. The van der Waals surface area contributed by atoms with Crippen molar-refractivity contribution in [2.75, 3.05) is 13.7 Å². The van der Waals surface area contributed by atoms with E-state index in [9.17, 15) is 0 Å². The molecule has 0 N–H and O–H groups in total. The largest absolute Gasteiger partial charge is 0.497 e. The van der Waals surface area contributed by atoms with E-state index >= 15 is 0 Å². The van der Waals surface area contributed by atoms with Gasteiger partial charge in [-0.25, -0.2) is 0 Å². The van der Waals surface area contributed by atoms with E-state index in [1.165, 1.54) is 0 Å². The number of benzene rings is 1. The van der Waals surface area contributed by atoms with Gasteiger partial charge in [-0.15, -0.1) is 0 Å². The SMILES string of the molecule is C=C(CC)COc1ccc(OC)cc1Br. The first-order valence-electron chi connectivity index (χ1n) is 4.80. The first-order chi connectivity index (χ1) is 7.17. The molecule has 0 saturated heterocycles. The van der Waals surface area contributed by atoms with E-state index in [4.69, 9.17) is 9.47 Å². The van der Waals surface area contributed by atoms with Gasteiger partial charge in [0, 0.05) is 0 Å². The third-order valence-electron chi connectivity index (χ3n) is 2.07. The highest BCUT2D eigenvalue weighted by Gasteiger charge is 2.03. The third-order valence-corrected chi connectivity index (χ3v) is 2.69. The second-order valence-corrected chi connectivity index (χ2v) is 4.04. The van der Waals surface area contributed by atoms with Gasteiger partial charge in [-0.3, -0.25) is 0 Å². The molecule has 0 unspecified atom stereocenters. The highest BCUT2D eigenvalue weighted by atomic mass is 79.9. The van der Waals surface area contributed by atoms with Crippen LogP contribution in [0.1, 0.15) is 13.3 Å². The Labute approximate surface area is 99.0 Å². The summed E-state index contributed by atoms with van der Waals surface area (Å²) in [7, 11) is 1.64. The second kappa shape index (κ2) is 5.81. The predicted octanol–water partition coefficient (Wildman–Crippen LogP) is 3.80. The number of halogens is 1. The highest BCUT2D eigenvalue weighted by molar-refractivity contribution is 9.10. The van der Waals surface area contributed by atoms with Crippen LogP contribution < -0.4 is 9.47 Å². The van der Waals surface area contributed by atoms with Crippen molar-refractivity contribution >= 4 is 15.9 Å². The van der Waals surface area contributed by atoms with Gasteiger partial charge in [0.05, 0.1) is 11.6 Å². The molecule has 1 rings (SSSR count). The number of rotatable bonds is 5. The fraction of sp³-hybridized carbons (Fsp3) is 0.333. The molecule has 15 heavy (non-hydrogen) atoms. The second-order valence-electron chi connectivity index (χ2n) is 3.19. The Kier molecular flexibility index (Phi) is 4.69. The third kappa shape index (κ3) is 3.59. The van der Waals surface area contributed by atoms with E-state index in [1.807, 2.05) is 18.2 Å². The van der Waals surface area contributed by atoms with Gasteiger partial charge >= 0.3 is 0 Å². The molecule has 3 heteroatoms. The van der Waals surface area contributed by atoms with Gasteiger partial charge in [0.1, 0.15) is 18.1 Å². The molecule has 1 aromatic rings. The van der Waals surface area contributed by atoms with Crippen molar-refractivity contribution in [1.82, 2.24) is 0 Å². The molecule has 1 aromatic carbocycles. The normalized spacial score (nSPS) is 9.80. The van der Waals surface area contributed by atoms with E-state index in [0.717, 1.165) is 28.0 Å². The quantitative estimate of drug-likeness (QED) is 0.758. The summed E-state index contributed by atoms with van der Waals surface area (Å²) in [5.74, 6) is 1.62. The summed E-state index contributed by atoms with van der Waals surface area (Å²) < 4.78 is 11.6. The number of hydrogen-bond donors (Lipinski definition) is 0. The minimum Gasteiger partial charge on any atom is -0.497 e. The van der Waals surface area contributed by atoms with Crippen LogP contribution in [-0.4, -0.2) is 13.7 Å². The summed E-state index contributed by atoms with van der Waals surface area (Å²) in [6.45, 7) is 6.51. The number of methoxy groups -OCH3 is 1. The van der Waals surface area contributed by atoms with Crippen molar-refractivity contribution in [1.29, 1.82) is 0 Å². The average molecular weight is 271 g/mol. The van der Waals surface area contributed by atoms with E-state index in [2.05, 4.69) is 29.4 Å².